The molecule has 0 unspecified atom stereocenters. The van der Waals surface area contributed by atoms with Gasteiger partial charge >= 0.3 is 5.69 Å². The minimum Gasteiger partial charge on any atom is -0.288 e. The molecule has 5 aromatic rings. The third kappa shape index (κ3) is 4.35. The monoisotopic (exact) mass is 557 g/mol. The van der Waals surface area contributed by atoms with Crippen molar-refractivity contribution in [1.82, 2.24) is 9.13 Å². The Morgan fingerprint density at radius 2 is 1.51 bits per heavy atom. The second kappa shape index (κ2) is 9.87. The van der Waals surface area contributed by atoms with Gasteiger partial charge in [-0.15, -0.1) is 0 Å². The van der Waals surface area contributed by atoms with Crippen molar-refractivity contribution in [2.24, 2.45) is 0 Å². The van der Waals surface area contributed by atoms with E-state index in [4.69, 9.17) is 11.6 Å². The fraction of sp³-hybridized carbons (Fsp3) is 0.133. The quantitative estimate of drug-likeness (QED) is 0.305. The Morgan fingerprint density at radius 1 is 0.795 bits per heavy atom. The van der Waals surface area contributed by atoms with Crippen LogP contribution in [0.15, 0.2) is 112 Å². The summed E-state index contributed by atoms with van der Waals surface area (Å²) in [5.41, 5.74) is 1.79. The Balaban J connectivity index is 1.55. The average Bonchev–Trinajstić information content (AvgIpc) is 2.96. The van der Waals surface area contributed by atoms with Crippen LogP contribution in [0.3, 0.4) is 0 Å². The zero-order valence-corrected chi connectivity index (χ0v) is 22.4. The predicted molar refractivity (Wildman–Crippen MR) is 154 cm³/mol. The van der Waals surface area contributed by atoms with Crippen molar-refractivity contribution in [1.29, 1.82) is 0 Å². The normalized spacial score (nSPS) is 13.4. The van der Waals surface area contributed by atoms with Gasteiger partial charge in [0, 0.05) is 6.54 Å². The lowest BCUT2D eigenvalue weighted by atomic mass is 10.0. The first-order chi connectivity index (χ1) is 18.9. The molecule has 1 aliphatic heterocycles. The highest BCUT2D eigenvalue weighted by Crippen LogP contribution is 2.33. The summed E-state index contributed by atoms with van der Waals surface area (Å²) < 4.78 is 31.6. The number of para-hydroxylation sites is 2. The molecule has 1 aliphatic rings. The maximum atomic E-state index is 13.9. The lowest BCUT2D eigenvalue weighted by Crippen LogP contribution is -2.39. The van der Waals surface area contributed by atoms with E-state index < -0.39 is 21.3 Å². The van der Waals surface area contributed by atoms with Gasteiger partial charge in [-0.3, -0.25) is 13.7 Å². The van der Waals surface area contributed by atoms with Crippen LogP contribution in [0.4, 0.5) is 5.69 Å². The third-order valence-electron chi connectivity index (χ3n) is 7.05. The minimum atomic E-state index is -4.00. The summed E-state index contributed by atoms with van der Waals surface area (Å²) in [5.74, 6) is 0. The van der Waals surface area contributed by atoms with E-state index in [2.05, 4.69) is 0 Å². The fourth-order valence-electron chi connectivity index (χ4n) is 5.15. The van der Waals surface area contributed by atoms with Gasteiger partial charge in [0.25, 0.3) is 15.6 Å². The number of aryl methyl sites for hydroxylation is 1. The molecule has 39 heavy (non-hydrogen) atoms. The van der Waals surface area contributed by atoms with Crippen molar-refractivity contribution in [2.45, 2.75) is 24.3 Å². The molecular formula is C30H24ClN3O4S. The molecule has 4 aromatic carbocycles. The van der Waals surface area contributed by atoms with Gasteiger partial charge in [0.2, 0.25) is 0 Å². The average molecular weight is 558 g/mol. The van der Waals surface area contributed by atoms with Crippen molar-refractivity contribution < 1.29 is 8.42 Å². The van der Waals surface area contributed by atoms with E-state index in [1.54, 1.807) is 30.3 Å². The largest absolute Gasteiger partial charge is 0.336 e. The van der Waals surface area contributed by atoms with Crippen molar-refractivity contribution in [3.05, 3.63) is 134 Å². The lowest BCUT2D eigenvalue weighted by Gasteiger charge is -2.30. The molecule has 6 rings (SSSR count). The molecule has 0 saturated carbocycles. The zero-order chi connectivity index (χ0) is 27.1. The number of sulfonamides is 1. The van der Waals surface area contributed by atoms with Gasteiger partial charge in [-0.25, -0.2) is 17.8 Å². The summed E-state index contributed by atoms with van der Waals surface area (Å²) in [6.45, 7) is 0.553. The minimum absolute atomic E-state index is 0.0191. The molecule has 0 saturated heterocycles. The van der Waals surface area contributed by atoms with Gasteiger partial charge < -0.3 is 0 Å². The smallest absolute Gasteiger partial charge is 0.288 e. The first kappa shape index (κ1) is 25.2. The number of hydrogen-bond acceptors (Lipinski definition) is 4. The molecule has 0 fully saturated rings. The molecule has 9 heteroatoms. The molecule has 0 amide bonds. The lowest BCUT2D eigenvalue weighted by molar-refractivity contribution is 0.586. The van der Waals surface area contributed by atoms with E-state index in [1.165, 1.54) is 27.1 Å². The molecule has 2 heterocycles. The van der Waals surface area contributed by atoms with Crippen LogP contribution in [-0.4, -0.2) is 24.1 Å². The molecular weight excluding hydrogens is 534 g/mol. The van der Waals surface area contributed by atoms with Crippen LogP contribution in [0.5, 0.6) is 0 Å². The Hall–Kier alpha value is -4.14. The number of benzene rings is 4. The molecule has 0 atom stereocenters. The molecule has 0 N–H and O–H groups in total. The summed E-state index contributed by atoms with van der Waals surface area (Å²) in [7, 11) is -4.00. The van der Waals surface area contributed by atoms with Crippen LogP contribution >= 0.6 is 11.6 Å². The van der Waals surface area contributed by atoms with Gasteiger partial charge in [-0.1, -0.05) is 72.3 Å². The molecule has 0 radical (unpaired) electrons. The van der Waals surface area contributed by atoms with E-state index >= 15 is 0 Å². The van der Waals surface area contributed by atoms with Crippen LogP contribution < -0.4 is 15.6 Å². The van der Waals surface area contributed by atoms with E-state index in [9.17, 15) is 18.0 Å². The van der Waals surface area contributed by atoms with Gasteiger partial charge in [0.15, 0.2) is 0 Å². The Morgan fingerprint density at radius 3 is 2.33 bits per heavy atom. The van der Waals surface area contributed by atoms with Crippen molar-refractivity contribution >= 4 is 38.2 Å². The maximum absolute atomic E-state index is 13.9. The molecule has 196 valence electrons. The third-order valence-corrected chi connectivity index (χ3v) is 9.18. The van der Waals surface area contributed by atoms with Crippen LogP contribution in [-0.2, 0) is 23.0 Å². The number of rotatable bonds is 5. The number of nitrogens with zero attached hydrogens (tertiary/aromatic N) is 3. The molecule has 7 nitrogen and oxygen atoms in total. The molecule has 0 bridgehead atoms. The second-order valence-corrected chi connectivity index (χ2v) is 11.7. The van der Waals surface area contributed by atoms with Crippen molar-refractivity contribution in [2.75, 3.05) is 10.8 Å². The number of anilines is 1. The van der Waals surface area contributed by atoms with E-state index in [0.717, 1.165) is 22.1 Å². The second-order valence-electron chi connectivity index (χ2n) is 9.43. The summed E-state index contributed by atoms with van der Waals surface area (Å²) in [4.78, 5) is 27.5. The maximum Gasteiger partial charge on any atom is 0.336 e. The van der Waals surface area contributed by atoms with Crippen LogP contribution in [0.25, 0.3) is 16.6 Å². The highest BCUT2D eigenvalue weighted by Gasteiger charge is 2.30. The van der Waals surface area contributed by atoms with E-state index in [0.29, 0.717) is 29.6 Å². The van der Waals surface area contributed by atoms with Crippen molar-refractivity contribution in [3.63, 3.8) is 0 Å². The Kier molecular flexibility index (Phi) is 6.37. The van der Waals surface area contributed by atoms with Gasteiger partial charge in [-0.05, 0) is 60.4 Å². The zero-order valence-electron chi connectivity index (χ0n) is 20.8. The molecule has 1 aromatic heterocycles. The first-order valence-electron chi connectivity index (χ1n) is 12.6. The summed E-state index contributed by atoms with van der Waals surface area (Å²) >= 11 is 6.54. The Labute approximate surface area is 230 Å². The van der Waals surface area contributed by atoms with Crippen LogP contribution in [0.2, 0.25) is 5.02 Å². The molecule has 0 spiro atoms. The number of aromatic nitrogens is 2. The standard InChI is InChI=1S/C30H24ClN3O4S/c31-25-17-16-23(39(37,38)33-18-8-12-22-11-4-6-14-26(22)33)19-28(25)34-29(35)24-13-5-7-15-27(24)32(30(34)36)20-21-9-2-1-3-10-21/h1-7,9-11,13-17,19H,8,12,18,20H2. The number of halogens is 1. The summed E-state index contributed by atoms with van der Waals surface area (Å²) in [5, 5.41) is 0.413. The van der Waals surface area contributed by atoms with Gasteiger partial charge in [-0.2, -0.15) is 0 Å². The molecule has 0 aliphatic carbocycles. The topological polar surface area (TPSA) is 81.4 Å². The SMILES string of the molecule is O=c1c2ccccc2n(Cc2ccccc2)c(=O)n1-c1cc(S(=O)(=O)N2CCCc3ccccc32)ccc1Cl. The number of fused-ring (bicyclic) bond motifs is 2. The van der Waals surface area contributed by atoms with Crippen molar-refractivity contribution in [3.8, 4) is 5.69 Å². The van der Waals surface area contributed by atoms with Crippen LogP contribution in [0, 0.1) is 0 Å². The predicted octanol–water partition coefficient (Wildman–Crippen LogP) is 5.00. The van der Waals surface area contributed by atoms with Crippen LogP contribution in [0.1, 0.15) is 17.5 Å². The Bertz CT molecular complexity index is 1950. The van der Waals surface area contributed by atoms with E-state index in [1.807, 2.05) is 48.5 Å². The summed E-state index contributed by atoms with van der Waals surface area (Å²) in [6.07, 6.45) is 1.48. The fourth-order valence-corrected chi connectivity index (χ4v) is 6.92. The number of hydrogen-bond donors (Lipinski definition) is 0. The van der Waals surface area contributed by atoms with E-state index in [-0.39, 0.29) is 22.2 Å². The first-order valence-corrected chi connectivity index (χ1v) is 14.4. The van der Waals surface area contributed by atoms with Gasteiger partial charge in [0.1, 0.15) is 0 Å². The highest BCUT2D eigenvalue weighted by atomic mass is 35.5. The highest BCUT2D eigenvalue weighted by molar-refractivity contribution is 7.92. The van der Waals surface area contributed by atoms with Gasteiger partial charge in [0.05, 0.1) is 38.7 Å². The summed E-state index contributed by atoms with van der Waals surface area (Å²) in [6, 6.07) is 27.9.